The highest BCUT2D eigenvalue weighted by Gasteiger charge is 2.46. The molecule has 0 bridgehead atoms. The Kier molecular flexibility index (Phi) is 7.82. The molecule has 1 unspecified atom stereocenters. The van der Waals surface area contributed by atoms with Gasteiger partial charge in [-0.2, -0.15) is 0 Å². The summed E-state index contributed by atoms with van der Waals surface area (Å²) in [5, 5.41) is 11.5. The first kappa shape index (κ1) is 25.5. The van der Waals surface area contributed by atoms with E-state index in [9.17, 15) is 14.7 Å². The van der Waals surface area contributed by atoms with E-state index in [1.54, 1.807) is 7.11 Å². The summed E-state index contributed by atoms with van der Waals surface area (Å²) >= 11 is 0. The average molecular weight is 466 g/mol. The zero-order valence-corrected chi connectivity index (χ0v) is 21.1. The first-order chi connectivity index (χ1) is 16.1. The quantitative estimate of drug-likeness (QED) is 0.326. The number of amides is 1. The normalized spacial score (nSPS) is 17.8. The summed E-state index contributed by atoms with van der Waals surface area (Å²) in [6, 6.07) is 10.7. The molecular weight excluding hydrogens is 430 g/mol. The first-order valence-electron chi connectivity index (χ1n) is 11.7. The van der Waals surface area contributed by atoms with E-state index in [1.165, 1.54) is 4.90 Å². The Hall–Kier alpha value is -3.12. The second-order valence-electron chi connectivity index (χ2n) is 9.33. The topological polar surface area (TPSA) is 76.1 Å². The number of benzene rings is 2. The maximum atomic E-state index is 13.3. The molecule has 6 nitrogen and oxygen atoms in total. The minimum absolute atomic E-state index is 0.00476. The second-order valence-corrected chi connectivity index (χ2v) is 9.33. The molecule has 1 saturated heterocycles. The Morgan fingerprint density at radius 2 is 1.74 bits per heavy atom. The summed E-state index contributed by atoms with van der Waals surface area (Å²) in [5.74, 6) is -0.606. The lowest BCUT2D eigenvalue weighted by Gasteiger charge is -2.27. The predicted molar refractivity (Wildman–Crippen MR) is 133 cm³/mol. The van der Waals surface area contributed by atoms with Crippen LogP contribution in [0.2, 0.25) is 0 Å². The minimum atomic E-state index is -0.694. The van der Waals surface area contributed by atoms with Crippen LogP contribution in [0.25, 0.3) is 5.76 Å². The van der Waals surface area contributed by atoms with E-state index in [0.717, 1.165) is 28.0 Å². The molecule has 0 radical (unpaired) electrons. The monoisotopic (exact) mass is 465 g/mol. The van der Waals surface area contributed by atoms with Crippen LogP contribution in [0, 0.1) is 13.8 Å². The Morgan fingerprint density at radius 1 is 1.06 bits per heavy atom. The maximum absolute atomic E-state index is 13.3. The van der Waals surface area contributed by atoms with E-state index in [4.69, 9.17) is 9.47 Å². The molecule has 1 N–H and O–H groups in total. The first-order valence-corrected chi connectivity index (χ1v) is 11.7. The van der Waals surface area contributed by atoms with Gasteiger partial charge in [0.1, 0.15) is 11.5 Å². The van der Waals surface area contributed by atoms with Crippen molar-refractivity contribution in [3.8, 4) is 5.75 Å². The molecule has 0 aromatic heterocycles. The fourth-order valence-corrected chi connectivity index (χ4v) is 4.44. The van der Waals surface area contributed by atoms with Gasteiger partial charge in [0.15, 0.2) is 0 Å². The van der Waals surface area contributed by atoms with Gasteiger partial charge in [0.2, 0.25) is 0 Å². The zero-order chi connectivity index (χ0) is 25.2. The summed E-state index contributed by atoms with van der Waals surface area (Å²) in [4.78, 5) is 28.0. The number of rotatable bonds is 8. The van der Waals surface area contributed by atoms with Crippen molar-refractivity contribution in [2.75, 3.05) is 20.3 Å². The van der Waals surface area contributed by atoms with E-state index in [1.807, 2.05) is 77.9 Å². The molecule has 0 spiro atoms. The van der Waals surface area contributed by atoms with Crippen molar-refractivity contribution in [3.05, 3.63) is 69.8 Å². The van der Waals surface area contributed by atoms with E-state index in [2.05, 4.69) is 0 Å². The Labute approximate surface area is 202 Å². The molecule has 0 saturated carbocycles. The molecule has 0 aliphatic carbocycles. The summed E-state index contributed by atoms with van der Waals surface area (Å²) in [6.07, 6.45) is 0.00476. The third-order valence-corrected chi connectivity index (χ3v) is 6.26. The van der Waals surface area contributed by atoms with Gasteiger partial charge >= 0.3 is 0 Å². The number of hydrogen-bond acceptors (Lipinski definition) is 5. The zero-order valence-electron chi connectivity index (χ0n) is 21.1. The molecule has 34 heavy (non-hydrogen) atoms. The molecule has 1 amide bonds. The number of carbonyl (C=O) groups is 2. The van der Waals surface area contributed by atoms with Gasteiger partial charge in [0.05, 0.1) is 31.4 Å². The van der Waals surface area contributed by atoms with Gasteiger partial charge in [-0.3, -0.25) is 9.59 Å². The van der Waals surface area contributed by atoms with Gasteiger partial charge in [-0.15, -0.1) is 0 Å². The van der Waals surface area contributed by atoms with Crippen LogP contribution in [-0.2, 0) is 14.3 Å². The molecule has 2 aromatic carbocycles. The number of aliphatic hydroxyl groups is 1. The van der Waals surface area contributed by atoms with Gasteiger partial charge in [-0.05, 0) is 68.0 Å². The van der Waals surface area contributed by atoms with Crippen molar-refractivity contribution in [2.24, 2.45) is 0 Å². The van der Waals surface area contributed by atoms with Gasteiger partial charge in [0.25, 0.3) is 11.7 Å². The molecule has 6 heteroatoms. The van der Waals surface area contributed by atoms with Crippen LogP contribution in [0.5, 0.6) is 5.75 Å². The van der Waals surface area contributed by atoms with Gasteiger partial charge in [-0.25, -0.2) is 0 Å². The number of hydrogen-bond donors (Lipinski definition) is 1. The molecule has 1 aliphatic rings. The van der Waals surface area contributed by atoms with E-state index >= 15 is 0 Å². The van der Waals surface area contributed by atoms with Crippen molar-refractivity contribution >= 4 is 17.4 Å². The lowest BCUT2D eigenvalue weighted by atomic mass is 9.90. The van der Waals surface area contributed by atoms with Crippen LogP contribution in [0.1, 0.15) is 67.5 Å². The standard InChI is InChI=1S/C28H35NO5/c1-16(2)21-15-22(19(6)14-23(21)33-7)26(30)24-25(20-11-9-8-10-18(20)5)29(28(32)27(24)31)12-13-34-17(3)4/h8-11,14-17,25,30H,12-13H2,1-7H3/b26-24+. The third-order valence-electron chi connectivity index (χ3n) is 6.26. The second kappa shape index (κ2) is 10.4. The number of nitrogens with zero attached hydrogens (tertiary/aromatic N) is 1. The summed E-state index contributed by atoms with van der Waals surface area (Å²) in [6.45, 7) is 12.3. The largest absolute Gasteiger partial charge is 0.507 e. The molecule has 1 aliphatic heterocycles. The van der Waals surface area contributed by atoms with Crippen LogP contribution in [-0.4, -0.2) is 48.1 Å². The minimum Gasteiger partial charge on any atom is -0.507 e. The molecule has 2 aromatic rings. The maximum Gasteiger partial charge on any atom is 0.295 e. The number of Topliss-reactive ketones (excluding diaryl/α,β-unsaturated/α-hetero) is 1. The van der Waals surface area contributed by atoms with E-state index in [-0.39, 0.29) is 29.9 Å². The average Bonchev–Trinajstić information content (AvgIpc) is 3.03. The lowest BCUT2D eigenvalue weighted by Crippen LogP contribution is -2.33. The number of likely N-dealkylation sites (tertiary alicyclic amines) is 1. The highest BCUT2D eigenvalue weighted by molar-refractivity contribution is 6.46. The highest BCUT2D eigenvalue weighted by Crippen LogP contribution is 2.42. The highest BCUT2D eigenvalue weighted by atomic mass is 16.5. The van der Waals surface area contributed by atoms with Crippen LogP contribution in [0.4, 0.5) is 0 Å². The molecule has 1 atom stereocenters. The summed E-state index contributed by atoms with van der Waals surface area (Å²) in [5.41, 5.74) is 4.05. The number of aliphatic hydroxyl groups excluding tert-OH is 1. The van der Waals surface area contributed by atoms with Gasteiger partial charge < -0.3 is 19.5 Å². The van der Waals surface area contributed by atoms with Gasteiger partial charge in [0, 0.05) is 12.1 Å². The van der Waals surface area contributed by atoms with Crippen LogP contribution < -0.4 is 4.74 Å². The van der Waals surface area contributed by atoms with E-state index < -0.39 is 17.7 Å². The fourth-order valence-electron chi connectivity index (χ4n) is 4.44. The molecule has 3 rings (SSSR count). The van der Waals surface area contributed by atoms with Crippen LogP contribution in [0.3, 0.4) is 0 Å². The van der Waals surface area contributed by atoms with Crippen molar-refractivity contribution < 1.29 is 24.2 Å². The lowest BCUT2D eigenvalue weighted by molar-refractivity contribution is -0.140. The number of aryl methyl sites for hydroxylation is 2. The number of methoxy groups -OCH3 is 1. The summed E-state index contributed by atoms with van der Waals surface area (Å²) < 4.78 is 11.2. The molecule has 182 valence electrons. The SMILES string of the molecule is COc1cc(C)c(/C(O)=C2\C(=O)C(=O)N(CCOC(C)C)C2c2ccccc2C)cc1C(C)C. The van der Waals surface area contributed by atoms with Crippen LogP contribution in [0.15, 0.2) is 42.0 Å². The van der Waals surface area contributed by atoms with Crippen molar-refractivity contribution in [1.82, 2.24) is 4.90 Å². The number of ether oxygens (including phenoxy) is 2. The number of carbonyl (C=O) groups excluding carboxylic acids is 2. The van der Waals surface area contributed by atoms with Crippen molar-refractivity contribution in [1.29, 1.82) is 0 Å². The molecule has 1 fully saturated rings. The number of ketones is 1. The molecule has 1 heterocycles. The smallest absolute Gasteiger partial charge is 0.295 e. The Bertz CT molecular complexity index is 1120. The van der Waals surface area contributed by atoms with Crippen molar-refractivity contribution in [3.63, 3.8) is 0 Å². The van der Waals surface area contributed by atoms with Crippen LogP contribution >= 0.6 is 0 Å². The fraction of sp³-hybridized carbons (Fsp3) is 0.429. The third kappa shape index (κ3) is 4.87. The van der Waals surface area contributed by atoms with Crippen molar-refractivity contribution in [2.45, 2.75) is 59.6 Å². The molecular formula is C28H35NO5. The summed E-state index contributed by atoms with van der Waals surface area (Å²) in [7, 11) is 1.61. The van der Waals surface area contributed by atoms with E-state index in [0.29, 0.717) is 12.2 Å². The van der Waals surface area contributed by atoms with Gasteiger partial charge in [-0.1, -0.05) is 38.1 Å². The Morgan fingerprint density at radius 3 is 2.32 bits per heavy atom. The predicted octanol–water partition coefficient (Wildman–Crippen LogP) is 5.28. The Balaban J connectivity index is 2.21.